The maximum atomic E-state index is 12.4. The number of carbonyl (C=O) groups excluding carboxylic acids is 1. The van der Waals surface area contributed by atoms with Gasteiger partial charge in [0.1, 0.15) is 5.69 Å². The molecule has 0 aliphatic heterocycles. The lowest BCUT2D eigenvalue weighted by molar-refractivity contribution is -0.159. The van der Waals surface area contributed by atoms with E-state index in [0.29, 0.717) is 11.4 Å². The highest BCUT2D eigenvalue weighted by molar-refractivity contribution is 7.15. The summed E-state index contributed by atoms with van der Waals surface area (Å²) < 4.78 is 43.1. The van der Waals surface area contributed by atoms with Crippen LogP contribution in [0.25, 0.3) is 10.7 Å². The monoisotopic (exact) mass is 343 g/mol. The number of halogens is 3. The molecule has 0 saturated heterocycles. The van der Waals surface area contributed by atoms with Gasteiger partial charge in [0, 0.05) is 11.1 Å². The van der Waals surface area contributed by atoms with Crippen molar-refractivity contribution in [2.75, 3.05) is 0 Å². The molecule has 3 rings (SSSR count). The molecule has 0 unspecified atom stereocenters. The van der Waals surface area contributed by atoms with Crippen LogP contribution in [-0.4, -0.2) is 25.6 Å². The van der Waals surface area contributed by atoms with Gasteiger partial charge in [-0.3, -0.25) is 4.79 Å². The Morgan fingerprint density at radius 2 is 2.17 bits per heavy atom. The van der Waals surface area contributed by atoms with E-state index in [2.05, 4.69) is 19.6 Å². The molecule has 2 N–H and O–H groups in total. The third-order valence-electron chi connectivity index (χ3n) is 2.77. The smallest absolute Gasteiger partial charge is 0.364 e. The third-order valence-corrected chi connectivity index (χ3v) is 3.84. The Hall–Kier alpha value is -2.69. The topological polar surface area (TPSA) is 99.8 Å². The lowest BCUT2D eigenvalue weighted by Crippen LogP contribution is -2.11. The summed E-state index contributed by atoms with van der Waals surface area (Å²) in [6.45, 7) is 0.384. The molecule has 11 heteroatoms. The predicted octanol–water partition coefficient (Wildman–Crippen LogP) is 2.16. The van der Waals surface area contributed by atoms with E-state index < -0.39 is 18.0 Å². The summed E-state index contributed by atoms with van der Waals surface area (Å²) in [5, 5.41) is 3.32. The zero-order valence-corrected chi connectivity index (χ0v) is 12.1. The number of nitrogens with two attached hydrogens (primary N) is 1. The van der Waals surface area contributed by atoms with Crippen LogP contribution in [0, 0.1) is 0 Å². The van der Waals surface area contributed by atoms with E-state index in [4.69, 9.17) is 5.73 Å². The molecule has 0 aliphatic carbocycles. The Bertz CT molecular complexity index is 851. The van der Waals surface area contributed by atoms with Gasteiger partial charge in [-0.25, -0.2) is 4.98 Å². The number of amides is 1. The van der Waals surface area contributed by atoms with Crippen molar-refractivity contribution in [3.63, 3.8) is 0 Å². The lowest BCUT2D eigenvalue weighted by Gasteiger charge is -1.97. The standard InChI is InChI=1S/C12H8F3N5O2S/c13-12(14,15)11-18-10(19-22-11)8-2-1-6(23-8)3-20-4-7(9(16)21)17-5-20/h1-2,4-5H,3H2,(H2,16,21). The largest absolute Gasteiger partial charge is 0.471 e. The van der Waals surface area contributed by atoms with Crippen LogP contribution in [0.4, 0.5) is 13.2 Å². The third kappa shape index (κ3) is 3.23. The fourth-order valence-electron chi connectivity index (χ4n) is 1.78. The minimum absolute atomic E-state index is 0.128. The number of thiophene rings is 1. The van der Waals surface area contributed by atoms with E-state index in [-0.39, 0.29) is 11.5 Å². The highest BCUT2D eigenvalue weighted by Gasteiger charge is 2.38. The first kappa shape index (κ1) is 15.2. The van der Waals surface area contributed by atoms with Gasteiger partial charge in [0.05, 0.1) is 17.7 Å². The average molecular weight is 343 g/mol. The molecule has 23 heavy (non-hydrogen) atoms. The van der Waals surface area contributed by atoms with Crippen LogP contribution >= 0.6 is 11.3 Å². The van der Waals surface area contributed by atoms with Crippen LogP contribution in [0.1, 0.15) is 21.3 Å². The van der Waals surface area contributed by atoms with Crippen LogP contribution in [0.3, 0.4) is 0 Å². The molecule has 0 radical (unpaired) electrons. The number of nitrogens with zero attached hydrogens (tertiary/aromatic N) is 4. The van der Waals surface area contributed by atoms with Gasteiger partial charge in [0.25, 0.3) is 5.91 Å². The number of alkyl halides is 3. The number of rotatable bonds is 4. The molecule has 0 atom stereocenters. The molecule has 1 amide bonds. The maximum absolute atomic E-state index is 12.4. The van der Waals surface area contributed by atoms with Gasteiger partial charge in [-0.2, -0.15) is 18.2 Å². The summed E-state index contributed by atoms with van der Waals surface area (Å²) in [6.07, 6.45) is -1.75. The molecule has 0 saturated carbocycles. The minimum Gasteiger partial charge on any atom is -0.364 e. The Morgan fingerprint density at radius 1 is 1.39 bits per heavy atom. The van der Waals surface area contributed by atoms with E-state index in [1.807, 2.05) is 0 Å². The van der Waals surface area contributed by atoms with Crippen molar-refractivity contribution in [1.29, 1.82) is 0 Å². The van der Waals surface area contributed by atoms with Crippen molar-refractivity contribution in [1.82, 2.24) is 19.7 Å². The lowest BCUT2D eigenvalue weighted by atomic mass is 10.4. The second-order valence-corrected chi connectivity index (χ2v) is 5.65. The van der Waals surface area contributed by atoms with Crippen molar-refractivity contribution in [2.45, 2.75) is 12.7 Å². The average Bonchev–Trinajstić information content (AvgIpc) is 3.17. The van der Waals surface area contributed by atoms with E-state index in [0.717, 1.165) is 4.88 Å². The van der Waals surface area contributed by atoms with Crippen molar-refractivity contribution in [3.05, 3.63) is 41.1 Å². The van der Waals surface area contributed by atoms with Crippen molar-refractivity contribution < 1.29 is 22.5 Å². The van der Waals surface area contributed by atoms with E-state index in [1.165, 1.54) is 23.9 Å². The van der Waals surface area contributed by atoms with Crippen LogP contribution in [0.15, 0.2) is 29.2 Å². The van der Waals surface area contributed by atoms with Gasteiger partial charge in [-0.05, 0) is 12.1 Å². The number of hydrogen-bond donors (Lipinski definition) is 1. The molecule has 120 valence electrons. The zero-order valence-electron chi connectivity index (χ0n) is 11.2. The predicted molar refractivity (Wildman–Crippen MR) is 72.5 cm³/mol. The molecule has 0 spiro atoms. The fraction of sp³-hybridized carbons (Fsp3) is 0.167. The number of imidazole rings is 1. The van der Waals surface area contributed by atoms with Gasteiger partial charge in [-0.15, -0.1) is 11.3 Å². The van der Waals surface area contributed by atoms with Crippen LogP contribution in [0.5, 0.6) is 0 Å². The van der Waals surface area contributed by atoms with Gasteiger partial charge >= 0.3 is 12.1 Å². The first-order valence-corrected chi connectivity index (χ1v) is 6.96. The van der Waals surface area contributed by atoms with E-state index >= 15 is 0 Å². The van der Waals surface area contributed by atoms with E-state index in [9.17, 15) is 18.0 Å². The molecule has 3 aromatic rings. The van der Waals surface area contributed by atoms with Gasteiger partial charge in [-0.1, -0.05) is 5.16 Å². The molecule has 3 heterocycles. The summed E-state index contributed by atoms with van der Waals surface area (Å²) in [4.78, 5) is 19.4. The molecule has 0 aliphatic rings. The Labute approximate surface area is 130 Å². The number of carbonyl (C=O) groups is 1. The quantitative estimate of drug-likeness (QED) is 0.782. The number of primary amides is 1. The SMILES string of the molecule is NC(=O)c1cn(Cc2ccc(-c3noc(C(F)(F)F)n3)s2)cn1. The Balaban J connectivity index is 1.77. The van der Waals surface area contributed by atoms with Gasteiger partial charge in [0.2, 0.25) is 5.82 Å². The molecule has 7 nitrogen and oxygen atoms in total. The zero-order chi connectivity index (χ0) is 16.6. The number of hydrogen-bond acceptors (Lipinski definition) is 6. The summed E-state index contributed by atoms with van der Waals surface area (Å²) in [7, 11) is 0. The Morgan fingerprint density at radius 3 is 2.78 bits per heavy atom. The summed E-state index contributed by atoms with van der Waals surface area (Å²) >= 11 is 1.21. The second kappa shape index (κ2) is 5.50. The second-order valence-electron chi connectivity index (χ2n) is 4.48. The molecule has 0 bridgehead atoms. The molecule has 3 aromatic heterocycles. The van der Waals surface area contributed by atoms with Crippen LogP contribution in [-0.2, 0) is 12.7 Å². The van der Waals surface area contributed by atoms with Crippen molar-refractivity contribution in [3.8, 4) is 10.7 Å². The first-order valence-electron chi connectivity index (χ1n) is 6.14. The summed E-state index contributed by atoms with van der Waals surface area (Å²) in [5.74, 6) is -2.15. The maximum Gasteiger partial charge on any atom is 0.471 e. The fourth-order valence-corrected chi connectivity index (χ4v) is 2.72. The number of aromatic nitrogens is 4. The van der Waals surface area contributed by atoms with Gasteiger partial charge in [0.15, 0.2) is 0 Å². The van der Waals surface area contributed by atoms with E-state index in [1.54, 1.807) is 16.7 Å². The van der Waals surface area contributed by atoms with Crippen molar-refractivity contribution >= 4 is 17.2 Å². The molecular formula is C12H8F3N5O2S. The molecule has 0 fully saturated rings. The summed E-state index contributed by atoms with van der Waals surface area (Å²) in [5.41, 5.74) is 5.24. The summed E-state index contributed by atoms with van der Waals surface area (Å²) in [6, 6.07) is 3.31. The highest BCUT2D eigenvalue weighted by atomic mass is 32.1. The van der Waals surface area contributed by atoms with Crippen molar-refractivity contribution in [2.24, 2.45) is 5.73 Å². The molecular weight excluding hydrogens is 335 g/mol. The van der Waals surface area contributed by atoms with Crippen LogP contribution < -0.4 is 5.73 Å². The first-order chi connectivity index (χ1) is 10.8. The minimum atomic E-state index is -4.67. The van der Waals surface area contributed by atoms with Gasteiger partial charge < -0.3 is 14.8 Å². The van der Waals surface area contributed by atoms with Crippen LogP contribution in [0.2, 0.25) is 0 Å². The molecule has 0 aromatic carbocycles. The highest BCUT2D eigenvalue weighted by Crippen LogP contribution is 2.31. The normalized spacial score (nSPS) is 11.8. The Kier molecular flexibility index (Phi) is 3.64.